The summed E-state index contributed by atoms with van der Waals surface area (Å²) in [5.74, 6) is 0.854. The van der Waals surface area contributed by atoms with Gasteiger partial charge in [-0.05, 0) is 70.5 Å². The van der Waals surface area contributed by atoms with Gasteiger partial charge in [0.15, 0.2) is 0 Å². The molecule has 1 heterocycles. The van der Waals surface area contributed by atoms with Crippen LogP contribution in [0.25, 0.3) is 0 Å². The molecule has 1 aromatic carbocycles. The molecule has 1 aliphatic heterocycles. The maximum atomic E-state index is 11.8. The van der Waals surface area contributed by atoms with E-state index in [1.807, 2.05) is 6.92 Å². The predicted octanol–water partition coefficient (Wildman–Crippen LogP) is 3.22. The fourth-order valence-corrected chi connectivity index (χ4v) is 4.41. The van der Waals surface area contributed by atoms with Crippen LogP contribution in [0, 0.1) is 12.8 Å². The Bertz CT molecular complexity index is 588. The number of nitrogens with zero attached hydrogens (tertiary/aromatic N) is 2. The van der Waals surface area contributed by atoms with Gasteiger partial charge in [-0.25, -0.2) is 0 Å². The number of hydrogen-bond acceptors (Lipinski definition) is 4. The minimum Gasteiger partial charge on any atom is -0.372 e. The smallest absolute Gasteiger partial charge is 0.246 e. The lowest BCUT2D eigenvalue weighted by Gasteiger charge is -2.37. The average molecular weight is 388 g/mol. The summed E-state index contributed by atoms with van der Waals surface area (Å²) in [6.07, 6.45) is 6.00. The zero-order valence-corrected chi connectivity index (χ0v) is 17.7. The number of ether oxygens (including phenoxy) is 1. The van der Waals surface area contributed by atoms with Crippen molar-refractivity contribution in [2.24, 2.45) is 5.92 Å². The molecule has 3 rings (SSSR count). The van der Waals surface area contributed by atoms with Gasteiger partial charge in [0.2, 0.25) is 5.91 Å². The van der Waals surface area contributed by atoms with Crippen LogP contribution in [-0.4, -0.2) is 62.8 Å². The number of rotatable bonds is 8. The van der Waals surface area contributed by atoms with Crippen LogP contribution in [-0.2, 0) is 9.53 Å². The van der Waals surface area contributed by atoms with Crippen molar-refractivity contribution in [2.45, 2.75) is 52.0 Å². The van der Waals surface area contributed by atoms with E-state index in [2.05, 4.69) is 46.3 Å². The highest BCUT2D eigenvalue weighted by Gasteiger charge is 2.24. The molecule has 1 aromatic rings. The summed E-state index contributed by atoms with van der Waals surface area (Å²) < 4.78 is 5.18. The van der Waals surface area contributed by atoms with Crippen LogP contribution >= 0.6 is 0 Å². The van der Waals surface area contributed by atoms with Crippen molar-refractivity contribution < 1.29 is 9.53 Å². The van der Waals surface area contributed by atoms with Gasteiger partial charge in [0.05, 0.1) is 0 Å². The molecule has 1 N–H and O–H groups in total. The highest BCUT2D eigenvalue weighted by Crippen LogP contribution is 2.27. The van der Waals surface area contributed by atoms with Gasteiger partial charge in [-0.2, -0.15) is 0 Å². The molecule has 0 atom stereocenters. The van der Waals surface area contributed by atoms with Crippen LogP contribution < -0.4 is 10.2 Å². The van der Waals surface area contributed by atoms with Crippen LogP contribution in [0.1, 0.15) is 44.6 Å². The summed E-state index contributed by atoms with van der Waals surface area (Å²) in [5, 5.41) is 3.12. The Morgan fingerprint density at radius 3 is 2.39 bits per heavy atom. The Hall–Kier alpha value is -1.59. The average Bonchev–Trinajstić information content (AvgIpc) is 2.73. The van der Waals surface area contributed by atoms with Crippen molar-refractivity contribution in [3.8, 4) is 0 Å². The molecule has 28 heavy (non-hydrogen) atoms. The van der Waals surface area contributed by atoms with Gasteiger partial charge in [-0.1, -0.05) is 17.7 Å². The number of carbonyl (C=O) groups excluding carboxylic acids is 1. The molecule has 156 valence electrons. The highest BCUT2D eigenvalue weighted by molar-refractivity contribution is 5.77. The van der Waals surface area contributed by atoms with Crippen molar-refractivity contribution in [3.05, 3.63) is 29.8 Å². The Kier molecular flexibility index (Phi) is 8.16. The van der Waals surface area contributed by atoms with Gasteiger partial charge in [0, 0.05) is 44.5 Å². The molecule has 1 saturated carbocycles. The minimum absolute atomic E-state index is 0.0387. The normalized spacial score (nSPS) is 23.6. The Balaban J connectivity index is 1.30. The second-order valence-electron chi connectivity index (χ2n) is 8.38. The standard InChI is InChI=1S/C23H37N3O2/c1-3-28-18-23(27)24-21-8-6-20(7-9-21)12-13-25-14-16-26(17-15-25)22-10-4-19(2)5-11-22/h4-5,10-11,20-21H,3,6-9,12-18H2,1-2H3,(H,24,27). The largest absolute Gasteiger partial charge is 0.372 e. The lowest BCUT2D eigenvalue weighted by molar-refractivity contribution is -0.126. The van der Waals surface area contributed by atoms with Crippen LogP contribution in [0.4, 0.5) is 5.69 Å². The summed E-state index contributed by atoms with van der Waals surface area (Å²) in [6, 6.07) is 9.25. The van der Waals surface area contributed by atoms with E-state index < -0.39 is 0 Å². The van der Waals surface area contributed by atoms with E-state index >= 15 is 0 Å². The van der Waals surface area contributed by atoms with Crippen molar-refractivity contribution in [1.29, 1.82) is 0 Å². The number of carbonyl (C=O) groups is 1. The first kappa shape index (κ1) is 21.1. The Morgan fingerprint density at radius 2 is 1.75 bits per heavy atom. The Labute approximate surface area is 170 Å². The van der Waals surface area contributed by atoms with E-state index in [1.165, 1.54) is 37.1 Å². The summed E-state index contributed by atoms with van der Waals surface area (Å²) >= 11 is 0. The molecule has 0 bridgehead atoms. The van der Waals surface area contributed by atoms with Gasteiger partial charge in [0.25, 0.3) is 0 Å². The molecular formula is C23H37N3O2. The van der Waals surface area contributed by atoms with E-state index in [1.54, 1.807) is 0 Å². The number of benzene rings is 1. The van der Waals surface area contributed by atoms with Gasteiger partial charge < -0.3 is 15.0 Å². The van der Waals surface area contributed by atoms with Gasteiger partial charge in [-0.3, -0.25) is 9.69 Å². The van der Waals surface area contributed by atoms with E-state index in [4.69, 9.17) is 4.74 Å². The molecule has 0 radical (unpaired) electrons. The van der Waals surface area contributed by atoms with Crippen LogP contribution in [0.15, 0.2) is 24.3 Å². The fourth-order valence-electron chi connectivity index (χ4n) is 4.41. The zero-order valence-electron chi connectivity index (χ0n) is 17.7. The lowest BCUT2D eigenvalue weighted by atomic mass is 9.84. The van der Waals surface area contributed by atoms with Crippen LogP contribution in [0.2, 0.25) is 0 Å². The first-order valence-electron chi connectivity index (χ1n) is 11.0. The van der Waals surface area contributed by atoms with Crippen molar-refractivity contribution >= 4 is 11.6 Å². The molecule has 0 spiro atoms. The molecule has 0 unspecified atom stereocenters. The Morgan fingerprint density at radius 1 is 1.07 bits per heavy atom. The monoisotopic (exact) mass is 387 g/mol. The third kappa shape index (κ3) is 6.49. The number of amides is 1. The van der Waals surface area contributed by atoms with E-state index in [9.17, 15) is 4.79 Å². The third-order valence-corrected chi connectivity index (χ3v) is 6.27. The predicted molar refractivity (Wildman–Crippen MR) is 115 cm³/mol. The van der Waals surface area contributed by atoms with Crippen LogP contribution in [0.5, 0.6) is 0 Å². The van der Waals surface area contributed by atoms with Crippen molar-refractivity contribution in [1.82, 2.24) is 10.2 Å². The van der Waals surface area contributed by atoms with E-state index in [0.29, 0.717) is 12.6 Å². The first-order chi connectivity index (χ1) is 13.6. The van der Waals surface area contributed by atoms with E-state index in [0.717, 1.165) is 44.9 Å². The lowest BCUT2D eigenvalue weighted by Crippen LogP contribution is -2.47. The minimum atomic E-state index is 0.0387. The third-order valence-electron chi connectivity index (χ3n) is 6.27. The van der Waals surface area contributed by atoms with Gasteiger partial charge in [0.1, 0.15) is 6.61 Å². The van der Waals surface area contributed by atoms with Crippen LogP contribution in [0.3, 0.4) is 0 Å². The SMILES string of the molecule is CCOCC(=O)NC1CCC(CCN2CCN(c3ccc(C)cc3)CC2)CC1. The zero-order chi connectivity index (χ0) is 19.8. The molecule has 0 aromatic heterocycles. The summed E-state index contributed by atoms with van der Waals surface area (Å²) in [4.78, 5) is 16.9. The molecule has 1 aliphatic carbocycles. The number of aryl methyl sites for hydroxylation is 1. The molecule has 2 aliphatic rings. The summed E-state index contributed by atoms with van der Waals surface area (Å²) in [5.41, 5.74) is 2.68. The van der Waals surface area contributed by atoms with Crippen molar-refractivity contribution in [3.63, 3.8) is 0 Å². The molecule has 5 heteroatoms. The maximum Gasteiger partial charge on any atom is 0.246 e. The molecule has 1 saturated heterocycles. The van der Waals surface area contributed by atoms with Gasteiger partial charge >= 0.3 is 0 Å². The number of hydrogen-bond donors (Lipinski definition) is 1. The molecule has 5 nitrogen and oxygen atoms in total. The molecule has 2 fully saturated rings. The number of piperazine rings is 1. The van der Waals surface area contributed by atoms with E-state index in [-0.39, 0.29) is 12.5 Å². The topological polar surface area (TPSA) is 44.8 Å². The number of anilines is 1. The second kappa shape index (κ2) is 10.8. The maximum absolute atomic E-state index is 11.8. The quantitative estimate of drug-likeness (QED) is 0.744. The fraction of sp³-hybridized carbons (Fsp3) is 0.696. The van der Waals surface area contributed by atoms with Gasteiger partial charge in [-0.15, -0.1) is 0 Å². The number of nitrogens with one attached hydrogen (secondary N) is 1. The molecule has 1 amide bonds. The highest BCUT2D eigenvalue weighted by atomic mass is 16.5. The first-order valence-corrected chi connectivity index (χ1v) is 11.0. The summed E-state index contributed by atoms with van der Waals surface area (Å²) in [6.45, 7) is 10.7. The summed E-state index contributed by atoms with van der Waals surface area (Å²) in [7, 11) is 0. The van der Waals surface area contributed by atoms with Crippen molar-refractivity contribution in [2.75, 3.05) is 50.8 Å². The second-order valence-corrected chi connectivity index (χ2v) is 8.38. The molecular weight excluding hydrogens is 350 g/mol.